The van der Waals surface area contributed by atoms with E-state index < -0.39 is 6.09 Å². The molecule has 2 heterocycles. The van der Waals surface area contributed by atoms with Gasteiger partial charge >= 0.3 is 6.09 Å². The summed E-state index contributed by atoms with van der Waals surface area (Å²) < 4.78 is 0. The first kappa shape index (κ1) is 20.8. The number of carbonyl (C=O) groups is 1. The number of carboxylic acid groups (broad SMARTS) is 1. The molecule has 2 N–H and O–H groups in total. The summed E-state index contributed by atoms with van der Waals surface area (Å²) in [6, 6.07) is 19.4. The van der Waals surface area contributed by atoms with Crippen molar-refractivity contribution in [2.45, 2.75) is 18.9 Å². The summed E-state index contributed by atoms with van der Waals surface area (Å²) in [5.74, 6) is 6.22. The molecule has 1 atom stereocenters. The zero-order valence-corrected chi connectivity index (χ0v) is 17.6. The average Bonchev–Trinajstić information content (AvgIpc) is 3.27. The Bertz CT molecular complexity index is 1100. The molecule has 31 heavy (non-hydrogen) atoms. The molecule has 4 rings (SSSR count). The molecule has 3 aromatic rings. The van der Waals surface area contributed by atoms with Crippen LogP contribution in [-0.2, 0) is 0 Å². The molecule has 1 aliphatic rings. The van der Waals surface area contributed by atoms with Crippen molar-refractivity contribution in [3.63, 3.8) is 0 Å². The van der Waals surface area contributed by atoms with Gasteiger partial charge in [-0.2, -0.15) is 0 Å². The SMILES string of the molecule is O=C(O)N1CCC[C@H]1CNc1ccc(C#Cc2ccc(-c3ccc(Cl)cc3)cn2)cc1. The van der Waals surface area contributed by atoms with Crippen molar-refractivity contribution < 1.29 is 9.90 Å². The molecule has 156 valence electrons. The summed E-state index contributed by atoms with van der Waals surface area (Å²) in [5, 5.41) is 13.3. The number of anilines is 1. The third-order valence-electron chi connectivity index (χ3n) is 5.33. The van der Waals surface area contributed by atoms with Crippen LogP contribution in [0.3, 0.4) is 0 Å². The zero-order valence-electron chi connectivity index (χ0n) is 16.9. The quantitative estimate of drug-likeness (QED) is 0.546. The topological polar surface area (TPSA) is 65.5 Å². The van der Waals surface area contributed by atoms with Gasteiger partial charge in [0, 0.05) is 41.1 Å². The molecule has 2 aromatic carbocycles. The van der Waals surface area contributed by atoms with Gasteiger partial charge in [-0.1, -0.05) is 35.7 Å². The zero-order chi connectivity index (χ0) is 21.6. The van der Waals surface area contributed by atoms with E-state index >= 15 is 0 Å². The van der Waals surface area contributed by atoms with Gasteiger partial charge in [-0.15, -0.1) is 0 Å². The molecule has 6 heteroatoms. The minimum Gasteiger partial charge on any atom is -0.465 e. The highest BCUT2D eigenvalue weighted by Crippen LogP contribution is 2.21. The van der Waals surface area contributed by atoms with Crippen molar-refractivity contribution >= 4 is 23.4 Å². The van der Waals surface area contributed by atoms with Crippen LogP contribution in [0, 0.1) is 11.8 Å². The standard InChI is InChI=1S/C25H22ClN3O2/c26-21-9-6-19(7-10-21)20-8-14-23(27-16-20)13-5-18-3-11-22(12-4-18)28-17-24-2-1-15-29(24)25(30)31/h3-4,6-12,14,16,24,28H,1-2,15,17H2,(H,30,31)/t24-/m0/s1. The van der Waals surface area contributed by atoms with Crippen LogP contribution in [0.15, 0.2) is 66.9 Å². The van der Waals surface area contributed by atoms with E-state index in [1.807, 2.05) is 66.9 Å². The van der Waals surface area contributed by atoms with Gasteiger partial charge in [-0.05, 0) is 66.8 Å². The van der Waals surface area contributed by atoms with Crippen molar-refractivity contribution in [2.24, 2.45) is 0 Å². The fraction of sp³-hybridized carbons (Fsp3) is 0.200. The lowest BCUT2D eigenvalue weighted by Crippen LogP contribution is -2.38. The molecule has 1 aromatic heterocycles. The van der Waals surface area contributed by atoms with E-state index in [1.54, 1.807) is 0 Å². The Morgan fingerprint density at radius 3 is 2.48 bits per heavy atom. The van der Waals surface area contributed by atoms with Crippen LogP contribution < -0.4 is 5.32 Å². The number of aromatic nitrogens is 1. The Labute approximate surface area is 186 Å². The van der Waals surface area contributed by atoms with Gasteiger partial charge in [0.2, 0.25) is 0 Å². The second-order valence-corrected chi connectivity index (χ2v) is 7.86. The monoisotopic (exact) mass is 431 g/mol. The number of hydrogen-bond donors (Lipinski definition) is 2. The van der Waals surface area contributed by atoms with Crippen LogP contribution in [0.5, 0.6) is 0 Å². The predicted molar refractivity (Wildman–Crippen MR) is 123 cm³/mol. The van der Waals surface area contributed by atoms with Gasteiger partial charge in [0.05, 0.1) is 6.04 Å². The highest BCUT2D eigenvalue weighted by atomic mass is 35.5. The summed E-state index contributed by atoms with van der Waals surface area (Å²) in [4.78, 5) is 17.2. The second kappa shape index (κ2) is 9.55. The summed E-state index contributed by atoms with van der Waals surface area (Å²) >= 11 is 5.94. The number of rotatable bonds is 4. The van der Waals surface area contributed by atoms with E-state index in [0.717, 1.165) is 35.2 Å². The van der Waals surface area contributed by atoms with Crippen molar-refractivity contribution in [3.05, 3.63) is 83.1 Å². The molecule has 0 bridgehead atoms. The van der Waals surface area contributed by atoms with E-state index in [-0.39, 0.29) is 6.04 Å². The van der Waals surface area contributed by atoms with Crippen LogP contribution in [0.2, 0.25) is 5.02 Å². The molecule has 0 saturated carbocycles. The van der Waals surface area contributed by atoms with Gasteiger partial charge < -0.3 is 15.3 Å². The van der Waals surface area contributed by atoms with Gasteiger partial charge in [-0.3, -0.25) is 0 Å². The molecule has 5 nitrogen and oxygen atoms in total. The van der Waals surface area contributed by atoms with Gasteiger partial charge in [-0.25, -0.2) is 9.78 Å². The lowest BCUT2D eigenvalue weighted by molar-refractivity contribution is 0.142. The number of amides is 1. The van der Waals surface area contributed by atoms with Gasteiger partial charge in [0.25, 0.3) is 0 Å². The maximum absolute atomic E-state index is 11.2. The number of halogens is 1. The number of hydrogen-bond acceptors (Lipinski definition) is 3. The first-order chi connectivity index (χ1) is 15.1. The van der Waals surface area contributed by atoms with E-state index in [4.69, 9.17) is 11.6 Å². The molecule has 1 saturated heterocycles. The highest BCUT2D eigenvalue weighted by Gasteiger charge is 2.27. The summed E-state index contributed by atoms with van der Waals surface area (Å²) in [5.41, 5.74) is 4.62. The van der Waals surface area contributed by atoms with E-state index in [2.05, 4.69) is 22.1 Å². The number of nitrogens with one attached hydrogen (secondary N) is 1. The molecule has 0 unspecified atom stereocenters. The average molecular weight is 432 g/mol. The number of pyridine rings is 1. The van der Waals surface area contributed by atoms with Crippen LogP contribution in [-0.4, -0.2) is 40.2 Å². The number of likely N-dealkylation sites (tertiary alicyclic amines) is 1. The summed E-state index contributed by atoms with van der Waals surface area (Å²) in [7, 11) is 0. The van der Waals surface area contributed by atoms with Crippen molar-refractivity contribution in [2.75, 3.05) is 18.4 Å². The van der Waals surface area contributed by atoms with Crippen molar-refractivity contribution in [3.8, 4) is 23.0 Å². The van der Waals surface area contributed by atoms with Crippen LogP contribution in [0.25, 0.3) is 11.1 Å². The Hall–Kier alpha value is -3.49. The molecule has 0 aliphatic carbocycles. The highest BCUT2D eigenvalue weighted by molar-refractivity contribution is 6.30. The van der Waals surface area contributed by atoms with Gasteiger partial charge in [0.1, 0.15) is 5.69 Å². The van der Waals surface area contributed by atoms with Crippen LogP contribution >= 0.6 is 11.6 Å². The van der Waals surface area contributed by atoms with E-state index in [9.17, 15) is 9.90 Å². The molecular weight excluding hydrogens is 410 g/mol. The minimum atomic E-state index is -0.843. The Morgan fingerprint density at radius 1 is 1.06 bits per heavy atom. The first-order valence-electron chi connectivity index (χ1n) is 10.2. The second-order valence-electron chi connectivity index (χ2n) is 7.42. The van der Waals surface area contributed by atoms with Crippen LogP contribution in [0.1, 0.15) is 24.1 Å². The largest absolute Gasteiger partial charge is 0.465 e. The summed E-state index contributed by atoms with van der Waals surface area (Å²) in [6.45, 7) is 1.23. The normalized spacial score (nSPS) is 15.3. The third-order valence-corrected chi connectivity index (χ3v) is 5.58. The Morgan fingerprint density at radius 2 is 1.81 bits per heavy atom. The Kier molecular flexibility index (Phi) is 6.40. The molecular formula is C25H22ClN3O2. The predicted octanol–water partition coefficient (Wildman–Crippen LogP) is 5.36. The smallest absolute Gasteiger partial charge is 0.407 e. The van der Waals surface area contributed by atoms with E-state index in [0.29, 0.717) is 23.8 Å². The first-order valence-corrected chi connectivity index (χ1v) is 10.5. The van der Waals surface area contributed by atoms with Crippen molar-refractivity contribution in [1.82, 2.24) is 9.88 Å². The maximum Gasteiger partial charge on any atom is 0.407 e. The summed E-state index contributed by atoms with van der Waals surface area (Å²) in [6.07, 6.45) is 2.78. The lowest BCUT2D eigenvalue weighted by atomic mass is 10.1. The molecule has 0 radical (unpaired) electrons. The van der Waals surface area contributed by atoms with Crippen LogP contribution in [0.4, 0.5) is 10.5 Å². The fourth-order valence-electron chi connectivity index (χ4n) is 3.62. The minimum absolute atomic E-state index is 0.0267. The number of benzene rings is 2. The Balaban J connectivity index is 1.35. The third kappa shape index (κ3) is 5.36. The number of nitrogens with zero attached hydrogens (tertiary/aromatic N) is 2. The molecule has 1 aliphatic heterocycles. The lowest BCUT2D eigenvalue weighted by Gasteiger charge is -2.22. The van der Waals surface area contributed by atoms with E-state index in [1.165, 1.54) is 4.90 Å². The maximum atomic E-state index is 11.2. The molecule has 1 amide bonds. The molecule has 0 spiro atoms. The fourth-order valence-corrected chi connectivity index (χ4v) is 3.75. The van der Waals surface area contributed by atoms with Gasteiger partial charge in [0.15, 0.2) is 0 Å². The van der Waals surface area contributed by atoms with Crippen molar-refractivity contribution in [1.29, 1.82) is 0 Å². The molecule has 1 fully saturated rings.